The van der Waals surface area contributed by atoms with Crippen LogP contribution in [0.3, 0.4) is 0 Å². The minimum Gasteiger partial charge on any atom is -0.391 e. The molecule has 0 spiro atoms. The van der Waals surface area contributed by atoms with E-state index in [9.17, 15) is 14.7 Å². The average molecular weight is 596 g/mol. The van der Waals surface area contributed by atoms with E-state index >= 15 is 0 Å². The first-order valence-corrected chi connectivity index (χ1v) is 16.7. The topological polar surface area (TPSA) is 72.9 Å². The normalized spacial score (nSPS) is 16.5. The lowest BCUT2D eigenvalue weighted by Crippen LogP contribution is -2.46. The van der Waals surface area contributed by atoms with E-state index in [0.29, 0.717) is 32.5 Å². The molecule has 0 saturated carbocycles. The summed E-state index contributed by atoms with van der Waals surface area (Å²) in [5, 5.41) is 14.1. The molecular formula is C38H49N3O3. The number of β-amino-alcohol motifs (C(OH)–C–C–N with tert-alkyl or cyclic N) is 1. The fourth-order valence-corrected chi connectivity index (χ4v) is 6.80. The zero-order valence-corrected chi connectivity index (χ0v) is 26.1. The number of nitrogens with one attached hydrogen (secondary N) is 1. The maximum atomic E-state index is 13.4. The van der Waals surface area contributed by atoms with E-state index in [2.05, 4.69) is 83.0 Å². The molecule has 6 heteroatoms. The number of rotatable bonds is 14. The first-order chi connectivity index (χ1) is 21.5. The van der Waals surface area contributed by atoms with Crippen LogP contribution in [0.2, 0.25) is 0 Å². The molecule has 1 atom stereocenters. The summed E-state index contributed by atoms with van der Waals surface area (Å²) in [5.74, 6) is 0.0588. The molecule has 2 aliphatic heterocycles. The van der Waals surface area contributed by atoms with Crippen LogP contribution in [0, 0.1) is 5.92 Å². The Morgan fingerprint density at radius 1 is 0.773 bits per heavy atom. The summed E-state index contributed by atoms with van der Waals surface area (Å²) in [5.41, 5.74) is 5.37. The van der Waals surface area contributed by atoms with Gasteiger partial charge in [0.15, 0.2) is 0 Å². The van der Waals surface area contributed by atoms with E-state index in [1.165, 1.54) is 22.3 Å². The molecule has 2 amide bonds. The molecule has 44 heavy (non-hydrogen) atoms. The Bertz CT molecular complexity index is 1260. The van der Waals surface area contributed by atoms with Gasteiger partial charge >= 0.3 is 0 Å². The van der Waals surface area contributed by atoms with Crippen molar-refractivity contribution in [2.24, 2.45) is 5.92 Å². The zero-order valence-electron chi connectivity index (χ0n) is 26.1. The number of hydrogen-bond donors (Lipinski definition) is 2. The van der Waals surface area contributed by atoms with Crippen LogP contribution >= 0.6 is 0 Å². The molecule has 234 valence electrons. The summed E-state index contributed by atoms with van der Waals surface area (Å²) in [6.07, 6.45) is 7.84. The molecule has 2 N–H and O–H groups in total. The lowest BCUT2D eigenvalue weighted by atomic mass is 9.93. The monoisotopic (exact) mass is 595 g/mol. The molecule has 0 radical (unpaired) electrons. The van der Waals surface area contributed by atoms with E-state index in [-0.39, 0.29) is 30.2 Å². The Labute approximate surface area is 263 Å². The number of aryl methyl sites for hydroxylation is 2. The number of hydrogen-bond acceptors (Lipinski definition) is 4. The van der Waals surface area contributed by atoms with E-state index in [4.69, 9.17) is 0 Å². The number of nitrogens with zero attached hydrogens (tertiary/aromatic N) is 2. The molecule has 1 saturated heterocycles. The van der Waals surface area contributed by atoms with Gasteiger partial charge in [-0.25, -0.2) is 0 Å². The van der Waals surface area contributed by atoms with Crippen LogP contribution < -0.4 is 5.32 Å². The largest absolute Gasteiger partial charge is 0.391 e. The third-order valence-corrected chi connectivity index (χ3v) is 9.38. The van der Waals surface area contributed by atoms with Gasteiger partial charge in [0.2, 0.25) is 11.8 Å². The molecule has 0 aromatic heterocycles. The van der Waals surface area contributed by atoms with E-state index < -0.39 is 6.10 Å². The number of carbonyl (C=O) groups is 2. The molecule has 5 rings (SSSR count). The van der Waals surface area contributed by atoms with Gasteiger partial charge in [-0.05, 0) is 80.0 Å². The van der Waals surface area contributed by atoms with Crippen LogP contribution in [0.25, 0.3) is 0 Å². The summed E-state index contributed by atoms with van der Waals surface area (Å²) in [6.45, 7) is 3.39. The van der Waals surface area contributed by atoms with Gasteiger partial charge < -0.3 is 15.3 Å². The SMILES string of the molecule is O=C(NC(CCCc1ccccc1)CCCc1ccccc1)C1CCN(C(=O)CC(O)CN2CCc3ccccc3C2)CC1. The van der Waals surface area contributed by atoms with Crippen molar-refractivity contribution in [1.29, 1.82) is 0 Å². The highest BCUT2D eigenvalue weighted by atomic mass is 16.3. The summed E-state index contributed by atoms with van der Waals surface area (Å²) in [4.78, 5) is 30.5. The Morgan fingerprint density at radius 3 is 1.95 bits per heavy atom. The van der Waals surface area contributed by atoms with Crippen molar-refractivity contribution in [1.82, 2.24) is 15.1 Å². The molecule has 1 fully saturated rings. The van der Waals surface area contributed by atoms with Crippen LogP contribution in [-0.4, -0.2) is 65.0 Å². The number of fused-ring (bicyclic) bond motifs is 1. The van der Waals surface area contributed by atoms with Crippen LogP contribution in [-0.2, 0) is 35.4 Å². The molecule has 0 bridgehead atoms. The summed E-state index contributed by atoms with van der Waals surface area (Å²) in [7, 11) is 0. The van der Waals surface area contributed by atoms with Gasteiger partial charge in [-0.1, -0.05) is 84.9 Å². The third kappa shape index (κ3) is 9.76. The number of amides is 2. The molecule has 3 aromatic carbocycles. The van der Waals surface area contributed by atoms with Gasteiger partial charge in [0.25, 0.3) is 0 Å². The number of aliphatic hydroxyl groups is 1. The van der Waals surface area contributed by atoms with Crippen molar-refractivity contribution >= 4 is 11.8 Å². The van der Waals surface area contributed by atoms with Crippen molar-refractivity contribution in [3.05, 3.63) is 107 Å². The van der Waals surface area contributed by atoms with Gasteiger partial charge in [0, 0.05) is 44.7 Å². The number of piperidine rings is 1. The molecule has 2 heterocycles. The third-order valence-electron chi connectivity index (χ3n) is 9.38. The van der Waals surface area contributed by atoms with Crippen molar-refractivity contribution in [2.75, 3.05) is 26.2 Å². The minimum atomic E-state index is -0.679. The summed E-state index contributed by atoms with van der Waals surface area (Å²) < 4.78 is 0. The van der Waals surface area contributed by atoms with Crippen molar-refractivity contribution in [2.45, 2.75) is 82.9 Å². The lowest BCUT2D eigenvalue weighted by Gasteiger charge is -2.34. The van der Waals surface area contributed by atoms with E-state index in [1.807, 2.05) is 17.0 Å². The Balaban J connectivity index is 1.05. The first kappa shape index (κ1) is 31.9. The minimum absolute atomic E-state index is 0.00605. The molecule has 0 aliphatic carbocycles. The van der Waals surface area contributed by atoms with Crippen LogP contribution in [0.1, 0.15) is 67.2 Å². The molecule has 3 aromatic rings. The van der Waals surface area contributed by atoms with Crippen LogP contribution in [0.5, 0.6) is 0 Å². The van der Waals surface area contributed by atoms with Crippen LogP contribution in [0.15, 0.2) is 84.9 Å². The quantitative estimate of drug-likeness (QED) is 0.256. The second kappa shape index (κ2) is 16.6. The highest BCUT2D eigenvalue weighted by Crippen LogP contribution is 2.22. The molecule has 2 aliphatic rings. The first-order valence-electron chi connectivity index (χ1n) is 16.7. The Morgan fingerprint density at radius 2 is 1.34 bits per heavy atom. The highest BCUT2D eigenvalue weighted by molar-refractivity contribution is 5.80. The second-order valence-electron chi connectivity index (χ2n) is 12.7. The van der Waals surface area contributed by atoms with Gasteiger partial charge in [-0.3, -0.25) is 14.5 Å². The summed E-state index contributed by atoms with van der Waals surface area (Å²) >= 11 is 0. The van der Waals surface area contributed by atoms with Gasteiger partial charge in [-0.2, -0.15) is 0 Å². The average Bonchev–Trinajstić information content (AvgIpc) is 3.05. The van der Waals surface area contributed by atoms with E-state index in [1.54, 1.807) is 0 Å². The van der Waals surface area contributed by atoms with Crippen molar-refractivity contribution in [3.63, 3.8) is 0 Å². The molecular weight excluding hydrogens is 546 g/mol. The van der Waals surface area contributed by atoms with Crippen molar-refractivity contribution < 1.29 is 14.7 Å². The van der Waals surface area contributed by atoms with Gasteiger partial charge in [-0.15, -0.1) is 0 Å². The predicted molar refractivity (Wildman–Crippen MR) is 176 cm³/mol. The number of likely N-dealkylation sites (tertiary alicyclic amines) is 1. The molecule has 6 nitrogen and oxygen atoms in total. The molecule has 1 unspecified atom stereocenters. The van der Waals surface area contributed by atoms with E-state index in [0.717, 1.165) is 58.0 Å². The maximum absolute atomic E-state index is 13.4. The van der Waals surface area contributed by atoms with Gasteiger partial charge in [0.1, 0.15) is 0 Å². The number of aliphatic hydroxyl groups excluding tert-OH is 1. The standard InChI is InChI=1S/C38H49N3O3/c42-36(29-40-24-21-32-17-7-8-18-34(32)28-40)27-37(43)41-25-22-33(23-26-41)38(44)39-35(19-9-15-30-11-3-1-4-12-30)20-10-16-31-13-5-2-6-14-31/h1-8,11-14,17-18,33,35-36,42H,9-10,15-16,19-29H2,(H,39,44). The highest BCUT2D eigenvalue weighted by Gasteiger charge is 2.29. The van der Waals surface area contributed by atoms with Crippen LogP contribution in [0.4, 0.5) is 0 Å². The number of carbonyl (C=O) groups excluding carboxylic acids is 2. The predicted octanol–water partition coefficient (Wildman–Crippen LogP) is 5.56. The zero-order chi connectivity index (χ0) is 30.6. The Kier molecular flexibility index (Phi) is 12.0. The summed E-state index contributed by atoms with van der Waals surface area (Å²) in [6, 6.07) is 29.7. The van der Waals surface area contributed by atoms with Gasteiger partial charge in [0.05, 0.1) is 12.5 Å². The smallest absolute Gasteiger partial charge is 0.225 e. The second-order valence-corrected chi connectivity index (χ2v) is 12.7. The fraction of sp³-hybridized carbons (Fsp3) is 0.474. The maximum Gasteiger partial charge on any atom is 0.225 e. The van der Waals surface area contributed by atoms with Crippen molar-refractivity contribution in [3.8, 4) is 0 Å². The Hall–Kier alpha value is -3.48. The lowest BCUT2D eigenvalue weighted by molar-refractivity contribution is -0.137. The number of benzene rings is 3. The fourth-order valence-electron chi connectivity index (χ4n) is 6.80.